The number of alkyl halides is 3. The highest BCUT2D eigenvalue weighted by atomic mass is 19.4. The van der Waals surface area contributed by atoms with Gasteiger partial charge < -0.3 is 14.7 Å². The van der Waals surface area contributed by atoms with Crippen molar-refractivity contribution >= 4 is 18.0 Å². The first-order chi connectivity index (χ1) is 13.7. The Labute approximate surface area is 161 Å². The molecule has 0 radical (unpaired) electrons. The molecule has 12 heteroatoms. The SMILES string of the molecule is O=C(OCc1ccccc1)C(=O)On1cnc2c1CCN(C(=O)O)C2C(F)(F)F. The molecule has 154 valence electrons. The van der Waals surface area contributed by atoms with E-state index in [0.717, 1.165) is 6.33 Å². The number of aromatic nitrogens is 2. The number of ether oxygens (including phenoxy) is 1. The van der Waals surface area contributed by atoms with Crippen LogP contribution >= 0.6 is 0 Å². The lowest BCUT2D eigenvalue weighted by atomic mass is 10.0. The summed E-state index contributed by atoms with van der Waals surface area (Å²) in [5, 5.41) is 9.02. The molecule has 0 fully saturated rings. The number of imidazole rings is 1. The molecule has 0 spiro atoms. The second-order valence-corrected chi connectivity index (χ2v) is 6.01. The van der Waals surface area contributed by atoms with Crippen molar-refractivity contribution in [2.75, 3.05) is 6.54 Å². The number of esters is 1. The Kier molecular flexibility index (Phi) is 5.43. The zero-order valence-corrected chi connectivity index (χ0v) is 14.6. The summed E-state index contributed by atoms with van der Waals surface area (Å²) in [5.41, 5.74) is -0.152. The molecule has 1 aliphatic rings. The molecule has 1 unspecified atom stereocenters. The van der Waals surface area contributed by atoms with Crippen LogP contribution in [0.3, 0.4) is 0 Å². The van der Waals surface area contributed by atoms with Gasteiger partial charge in [-0.1, -0.05) is 30.3 Å². The van der Waals surface area contributed by atoms with Gasteiger partial charge in [0.25, 0.3) is 0 Å². The Morgan fingerprint density at radius 3 is 2.48 bits per heavy atom. The fourth-order valence-corrected chi connectivity index (χ4v) is 2.87. The minimum absolute atomic E-state index is 0.158. The van der Waals surface area contributed by atoms with E-state index in [2.05, 4.69) is 4.98 Å². The quantitative estimate of drug-likeness (QED) is 0.603. The third-order valence-corrected chi connectivity index (χ3v) is 4.14. The predicted octanol–water partition coefficient (Wildman–Crippen LogP) is 1.72. The largest absolute Gasteiger partial charge is 0.465 e. The van der Waals surface area contributed by atoms with E-state index in [9.17, 15) is 27.6 Å². The van der Waals surface area contributed by atoms with E-state index in [0.29, 0.717) is 10.3 Å². The number of fused-ring (bicyclic) bond motifs is 1. The van der Waals surface area contributed by atoms with Gasteiger partial charge in [-0.05, 0) is 5.56 Å². The zero-order chi connectivity index (χ0) is 21.2. The monoisotopic (exact) mass is 413 g/mol. The van der Waals surface area contributed by atoms with Crippen molar-refractivity contribution in [3.63, 3.8) is 0 Å². The molecule has 1 amide bonds. The minimum atomic E-state index is -4.93. The van der Waals surface area contributed by atoms with E-state index in [1.807, 2.05) is 0 Å². The van der Waals surface area contributed by atoms with Gasteiger partial charge in [0, 0.05) is 13.0 Å². The number of nitrogens with zero attached hydrogens (tertiary/aromatic N) is 3. The minimum Gasteiger partial charge on any atom is -0.465 e. The van der Waals surface area contributed by atoms with Crippen LogP contribution in [0.5, 0.6) is 0 Å². The van der Waals surface area contributed by atoms with Crippen molar-refractivity contribution in [1.82, 2.24) is 14.6 Å². The Bertz CT molecular complexity index is 928. The molecule has 3 rings (SSSR count). The maximum Gasteiger partial charge on any atom is 0.442 e. The highest BCUT2D eigenvalue weighted by Gasteiger charge is 2.51. The van der Waals surface area contributed by atoms with Crippen LogP contribution in [0.1, 0.15) is 23.0 Å². The summed E-state index contributed by atoms with van der Waals surface area (Å²) >= 11 is 0. The first-order valence-electron chi connectivity index (χ1n) is 8.24. The second-order valence-electron chi connectivity index (χ2n) is 6.01. The zero-order valence-electron chi connectivity index (χ0n) is 14.6. The predicted molar refractivity (Wildman–Crippen MR) is 87.3 cm³/mol. The summed E-state index contributed by atoms with van der Waals surface area (Å²) in [7, 11) is 0. The normalized spacial score (nSPS) is 16.1. The average Bonchev–Trinajstić information content (AvgIpc) is 3.07. The van der Waals surface area contributed by atoms with E-state index >= 15 is 0 Å². The molecule has 1 atom stereocenters. The fraction of sp³-hybridized carbons (Fsp3) is 0.294. The summed E-state index contributed by atoms with van der Waals surface area (Å²) < 4.78 is 45.5. The second kappa shape index (κ2) is 7.81. The Morgan fingerprint density at radius 2 is 1.86 bits per heavy atom. The number of hydrogen-bond acceptors (Lipinski definition) is 6. The summed E-state index contributed by atoms with van der Waals surface area (Å²) in [6.07, 6.45) is -6.10. The van der Waals surface area contributed by atoms with E-state index < -0.39 is 42.5 Å². The van der Waals surface area contributed by atoms with E-state index in [4.69, 9.17) is 14.7 Å². The van der Waals surface area contributed by atoms with Crippen molar-refractivity contribution in [3.8, 4) is 0 Å². The number of hydrogen-bond donors (Lipinski definition) is 1. The Morgan fingerprint density at radius 1 is 1.17 bits per heavy atom. The number of halogens is 3. The molecular formula is C17H14F3N3O6. The molecule has 0 saturated carbocycles. The van der Waals surface area contributed by atoms with Crippen LogP contribution in [0, 0.1) is 0 Å². The lowest BCUT2D eigenvalue weighted by molar-refractivity contribution is -0.184. The number of amides is 1. The third kappa shape index (κ3) is 4.31. The van der Waals surface area contributed by atoms with Gasteiger partial charge in [-0.2, -0.15) is 17.9 Å². The first-order valence-corrected chi connectivity index (χ1v) is 8.24. The standard InChI is InChI=1S/C17H14F3N3O6/c18-17(19,20)13-12-11(6-7-22(13)16(26)27)23(9-21-12)29-15(25)14(24)28-8-10-4-2-1-3-5-10/h1-5,9,13H,6-8H2,(H,26,27). The van der Waals surface area contributed by atoms with Crippen LogP contribution in [0.4, 0.5) is 18.0 Å². The molecule has 1 N–H and O–H groups in total. The van der Waals surface area contributed by atoms with Gasteiger partial charge in [0.1, 0.15) is 12.9 Å². The molecule has 0 aliphatic carbocycles. The van der Waals surface area contributed by atoms with Gasteiger partial charge in [0.15, 0.2) is 6.04 Å². The molecule has 2 heterocycles. The van der Waals surface area contributed by atoms with Crippen LogP contribution in [0.2, 0.25) is 0 Å². The number of carbonyl (C=O) groups is 3. The van der Waals surface area contributed by atoms with Crippen LogP contribution in [0.25, 0.3) is 0 Å². The molecule has 2 aromatic rings. The molecule has 1 aromatic carbocycles. The van der Waals surface area contributed by atoms with Crippen molar-refractivity contribution in [1.29, 1.82) is 0 Å². The summed E-state index contributed by atoms with van der Waals surface area (Å²) in [4.78, 5) is 43.3. The van der Waals surface area contributed by atoms with Gasteiger partial charge in [-0.15, -0.1) is 0 Å². The average molecular weight is 413 g/mol. The topological polar surface area (TPSA) is 111 Å². The van der Waals surface area contributed by atoms with Crippen LogP contribution in [0.15, 0.2) is 36.7 Å². The van der Waals surface area contributed by atoms with Crippen LogP contribution in [-0.4, -0.2) is 50.5 Å². The summed E-state index contributed by atoms with van der Waals surface area (Å²) in [6, 6.07) is 5.98. The van der Waals surface area contributed by atoms with Gasteiger partial charge in [0.05, 0.1) is 11.4 Å². The number of rotatable bonds is 3. The van der Waals surface area contributed by atoms with Gasteiger partial charge in [-0.25, -0.2) is 19.4 Å². The number of benzene rings is 1. The molecule has 1 aromatic heterocycles. The van der Waals surface area contributed by atoms with E-state index in [1.54, 1.807) is 30.3 Å². The van der Waals surface area contributed by atoms with Crippen molar-refractivity contribution < 1.29 is 42.2 Å². The third-order valence-electron chi connectivity index (χ3n) is 4.14. The Hall–Kier alpha value is -3.57. The molecule has 0 saturated heterocycles. The van der Waals surface area contributed by atoms with Gasteiger partial charge in [0.2, 0.25) is 0 Å². The molecule has 9 nitrogen and oxygen atoms in total. The van der Waals surface area contributed by atoms with Crippen molar-refractivity contribution in [3.05, 3.63) is 53.6 Å². The lowest BCUT2D eigenvalue weighted by Crippen LogP contribution is -2.46. The van der Waals surface area contributed by atoms with Crippen molar-refractivity contribution in [2.24, 2.45) is 0 Å². The van der Waals surface area contributed by atoms with E-state index in [1.165, 1.54) is 0 Å². The van der Waals surface area contributed by atoms with Gasteiger partial charge >= 0.3 is 24.2 Å². The smallest absolute Gasteiger partial charge is 0.442 e. The molecular weight excluding hydrogens is 399 g/mol. The summed E-state index contributed by atoms with van der Waals surface area (Å²) in [5.74, 6) is -2.79. The first kappa shape index (κ1) is 20.2. The highest BCUT2D eigenvalue weighted by Crippen LogP contribution is 2.41. The van der Waals surface area contributed by atoms with E-state index in [-0.39, 0.29) is 23.6 Å². The molecule has 0 bridgehead atoms. The van der Waals surface area contributed by atoms with Crippen molar-refractivity contribution in [2.45, 2.75) is 25.2 Å². The lowest BCUT2D eigenvalue weighted by Gasteiger charge is -2.33. The Balaban J connectivity index is 1.72. The van der Waals surface area contributed by atoms with Gasteiger partial charge in [-0.3, -0.25) is 4.90 Å². The maximum absolute atomic E-state index is 13.4. The fourth-order valence-electron chi connectivity index (χ4n) is 2.87. The molecule has 1 aliphatic heterocycles. The number of carbonyl (C=O) groups excluding carboxylic acids is 2. The van der Waals surface area contributed by atoms with Crippen LogP contribution in [-0.2, 0) is 27.4 Å². The summed E-state index contributed by atoms with van der Waals surface area (Å²) in [6.45, 7) is -0.686. The van der Waals surface area contributed by atoms with Crippen LogP contribution < -0.4 is 4.84 Å². The molecule has 29 heavy (non-hydrogen) atoms. The number of carboxylic acid groups (broad SMARTS) is 1. The highest BCUT2D eigenvalue weighted by molar-refractivity contribution is 6.29. The maximum atomic E-state index is 13.4.